The van der Waals surface area contributed by atoms with E-state index >= 15 is 0 Å². The number of piperazine rings is 1. The van der Waals surface area contributed by atoms with Gasteiger partial charge >= 0.3 is 18.1 Å². The van der Waals surface area contributed by atoms with Crippen molar-refractivity contribution in [3.05, 3.63) is 34.4 Å². The summed E-state index contributed by atoms with van der Waals surface area (Å²) in [6.07, 6.45) is -4.40. The first-order valence-electron chi connectivity index (χ1n) is 8.84. The minimum Gasteiger partial charge on any atom is -0.475 e. The first kappa shape index (κ1) is 20.6. The highest BCUT2D eigenvalue weighted by molar-refractivity contribution is 5.93. The summed E-state index contributed by atoms with van der Waals surface area (Å²) in [6.45, 7) is 4.95. The quantitative estimate of drug-likeness (QED) is 0.657. The first-order valence-corrected chi connectivity index (χ1v) is 8.84. The van der Waals surface area contributed by atoms with Crippen LogP contribution in [0.2, 0.25) is 0 Å². The highest BCUT2D eigenvalue weighted by atomic mass is 19.4. The van der Waals surface area contributed by atoms with Crippen LogP contribution in [0.4, 0.5) is 13.2 Å². The van der Waals surface area contributed by atoms with Crippen LogP contribution in [-0.2, 0) is 16.1 Å². The number of carbonyl (C=O) groups excluding carboxylic acids is 1. The number of carboxylic acids is 1. The zero-order chi connectivity index (χ0) is 20.6. The van der Waals surface area contributed by atoms with E-state index < -0.39 is 18.2 Å². The number of ether oxygens (including phenoxy) is 1. The number of nitrogens with zero attached hydrogens (tertiary/aromatic N) is 1. The number of aliphatic hydroxyl groups excluding tert-OH is 1. The fourth-order valence-corrected chi connectivity index (χ4v) is 3.64. The van der Waals surface area contributed by atoms with Crippen LogP contribution < -0.4 is 5.32 Å². The van der Waals surface area contributed by atoms with E-state index in [-0.39, 0.29) is 5.97 Å². The van der Waals surface area contributed by atoms with E-state index in [4.69, 9.17) is 14.6 Å². The van der Waals surface area contributed by atoms with Gasteiger partial charge in [-0.2, -0.15) is 13.2 Å². The fraction of sp³-hybridized carbons (Fsp3) is 0.556. The van der Waals surface area contributed by atoms with Gasteiger partial charge in [0, 0.05) is 37.3 Å². The Kier molecular flexibility index (Phi) is 5.64. The smallest absolute Gasteiger partial charge is 0.475 e. The predicted octanol–water partition coefficient (Wildman–Crippen LogP) is 1.38. The van der Waals surface area contributed by atoms with Crippen molar-refractivity contribution in [2.45, 2.75) is 44.3 Å². The summed E-state index contributed by atoms with van der Waals surface area (Å²) >= 11 is 0. The summed E-state index contributed by atoms with van der Waals surface area (Å²) in [6, 6.07) is 4.87. The Bertz CT molecular complexity index is 783. The van der Waals surface area contributed by atoms with E-state index in [0.29, 0.717) is 30.8 Å². The number of hydrogen-bond acceptors (Lipinski definition) is 6. The van der Waals surface area contributed by atoms with Gasteiger partial charge in [-0.1, -0.05) is 6.07 Å². The number of hydrogen-bond donors (Lipinski definition) is 3. The number of fused-ring (bicyclic) bond motifs is 2. The molecule has 2 unspecified atom stereocenters. The van der Waals surface area contributed by atoms with Crippen LogP contribution in [0, 0.1) is 6.92 Å². The Morgan fingerprint density at radius 2 is 2.11 bits per heavy atom. The number of rotatable bonds is 3. The molecule has 3 atom stereocenters. The van der Waals surface area contributed by atoms with Crippen molar-refractivity contribution in [2.75, 3.05) is 19.6 Å². The highest BCUT2D eigenvalue weighted by Gasteiger charge is 2.44. The van der Waals surface area contributed by atoms with Crippen LogP contribution in [0.5, 0.6) is 0 Å². The lowest BCUT2D eigenvalue weighted by atomic mass is 9.95. The summed E-state index contributed by atoms with van der Waals surface area (Å²) in [7, 11) is 0. The number of carbonyl (C=O) groups is 2. The van der Waals surface area contributed by atoms with Crippen molar-refractivity contribution in [1.82, 2.24) is 10.2 Å². The molecule has 4 rings (SSSR count). The molecule has 28 heavy (non-hydrogen) atoms. The van der Waals surface area contributed by atoms with E-state index in [0.717, 1.165) is 29.8 Å². The van der Waals surface area contributed by atoms with E-state index in [1.54, 1.807) is 6.07 Å². The molecule has 1 saturated carbocycles. The van der Waals surface area contributed by atoms with Crippen molar-refractivity contribution in [2.24, 2.45) is 0 Å². The molecular weight excluding hydrogens is 381 g/mol. The molecule has 2 fully saturated rings. The summed E-state index contributed by atoms with van der Waals surface area (Å²) in [4.78, 5) is 22.8. The Balaban J connectivity index is 0.000000279. The van der Waals surface area contributed by atoms with E-state index in [9.17, 15) is 23.1 Å². The zero-order valence-corrected chi connectivity index (χ0v) is 15.1. The molecule has 7 nitrogen and oxygen atoms in total. The Labute approximate surface area is 159 Å². The predicted molar refractivity (Wildman–Crippen MR) is 90.7 cm³/mol. The van der Waals surface area contributed by atoms with Gasteiger partial charge in [0.2, 0.25) is 0 Å². The molecule has 1 saturated heterocycles. The molecule has 2 aliphatic heterocycles. The molecule has 3 N–H and O–H groups in total. The lowest BCUT2D eigenvalue weighted by Crippen LogP contribution is -2.45. The second-order valence-corrected chi connectivity index (χ2v) is 7.06. The molecule has 2 heterocycles. The Morgan fingerprint density at radius 1 is 1.43 bits per heavy atom. The number of alkyl halides is 3. The van der Waals surface area contributed by atoms with Gasteiger partial charge < -0.3 is 20.3 Å². The van der Waals surface area contributed by atoms with Crippen molar-refractivity contribution in [3.63, 3.8) is 0 Å². The van der Waals surface area contributed by atoms with Crippen molar-refractivity contribution >= 4 is 11.9 Å². The maximum Gasteiger partial charge on any atom is 0.490 e. The normalized spacial score (nSPS) is 24.4. The molecule has 154 valence electrons. The number of cyclic esters (lactones) is 1. The maximum atomic E-state index is 11.6. The third kappa shape index (κ3) is 4.29. The van der Waals surface area contributed by atoms with Gasteiger partial charge in [-0.3, -0.25) is 4.90 Å². The summed E-state index contributed by atoms with van der Waals surface area (Å²) in [5.74, 6) is -3.01. The largest absolute Gasteiger partial charge is 0.490 e. The van der Waals surface area contributed by atoms with Crippen LogP contribution in [0.25, 0.3) is 0 Å². The third-order valence-electron chi connectivity index (χ3n) is 5.25. The summed E-state index contributed by atoms with van der Waals surface area (Å²) in [5, 5.41) is 21.2. The lowest BCUT2D eigenvalue weighted by molar-refractivity contribution is -0.192. The minimum absolute atomic E-state index is 0.253. The molecule has 0 radical (unpaired) electrons. The van der Waals surface area contributed by atoms with E-state index in [2.05, 4.69) is 10.2 Å². The number of β-amino-alcohol motifs (C(OH)–C–C–N with tert-alkyl or cyclic N) is 1. The molecule has 0 bridgehead atoms. The molecule has 1 aliphatic carbocycles. The van der Waals surface area contributed by atoms with Gasteiger partial charge in [-0.15, -0.1) is 0 Å². The standard InChI is InChI=1S/C16H20N2O3.C2HF3O2/c1-9-10(2-3-11-12(9)8-21-16(11)20)15(19)7-18-5-4-17-13-6-14(13)18;3-2(4,5)1(6)7/h2-3,13-15,17,19H,4-8H2,1H3;(H,6,7)/t13?,14?,15-;/m0./s1. The van der Waals surface area contributed by atoms with Crippen LogP contribution >= 0.6 is 0 Å². The number of aliphatic carboxylic acids is 1. The van der Waals surface area contributed by atoms with Crippen LogP contribution in [0.15, 0.2) is 12.1 Å². The number of aliphatic hydroxyl groups is 1. The molecule has 0 aromatic heterocycles. The second kappa shape index (κ2) is 7.69. The minimum atomic E-state index is -5.08. The third-order valence-corrected chi connectivity index (χ3v) is 5.25. The SMILES string of the molecule is Cc1c([C@@H](O)CN2CCNC3CC32)ccc2c1COC2=O.O=C(O)C(F)(F)F. The molecule has 1 aromatic carbocycles. The molecule has 0 spiro atoms. The maximum absolute atomic E-state index is 11.6. The average Bonchev–Trinajstić information content (AvgIpc) is 3.32. The van der Waals surface area contributed by atoms with Crippen LogP contribution in [0.3, 0.4) is 0 Å². The molecule has 0 amide bonds. The van der Waals surface area contributed by atoms with E-state index in [1.165, 1.54) is 6.42 Å². The summed E-state index contributed by atoms with van der Waals surface area (Å²) in [5.41, 5.74) is 3.49. The molecule has 1 aromatic rings. The molecule has 10 heteroatoms. The number of nitrogens with one attached hydrogen (secondary N) is 1. The van der Waals surface area contributed by atoms with Gasteiger partial charge in [-0.05, 0) is 30.5 Å². The highest BCUT2D eigenvalue weighted by Crippen LogP contribution is 2.34. The topological polar surface area (TPSA) is 99.1 Å². The second-order valence-electron chi connectivity index (χ2n) is 7.06. The van der Waals surface area contributed by atoms with Crippen LogP contribution in [0.1, 0.15) is 39.6 Å². The van der Waals surface area contributed by atoms with Gasteiger partial charge in [0.15, 0.2) is 0 Å². The number of benzene rings is 1. The van der Waals surface area contributed by atoms with Crippen molar-refractivity contribution < 1.29 is 37.7 Å². The Morgan fingerprint density at radius 3 is 2.75 bits per heavy atom. The zero-order valence-electron chi connectivity index (χ0n) is 15.1. The Hall–Kier alpha value is -2.17. The number of halogens is 3. The number of esters is 1. The average molecular weight is 402 g/mol. The summed E-state index contributed by atoms with van der Waals surface area (Å²) < 4.78 is 36.8. The van der Waals surface area contributed by atoms with E-state index in [1.807, 2.05) is 13.0 Å². The molecular formula is C18H21F3N2O5. The fourth-order valence-electron chi connectivity index (χ4n) is 3.64. The van der Waals surface area contributed by atoms with Gasteiger partial charge in [0.25, 0.3) is 0 Å². The monoisotopic (exact) mass is 402 g/mol. The van der Waals surface area contributed by atoms with Gasteiger partial charge in [0.1, 0.15) is 6.61 Å². The number of carboxylic acid groups (broad SMARTS) is 1. The van der Waals surface area contributed by atoms with Crippen molar-refractivity contribution in [3.8, 4) is 0 Å². The first-order chi connectivity index (χ1) is 13.1. The molecule has 3 aliphatic rings. The van der Waals surface area contributed by atoms with Crippen LogP contribution in [-0.4, -0.2) is 64.9 Å². The van der Waals surface area contributed by atoms with Gasteiger partial charge in [-0.25, -0.2) is 9.59 Å². The lowest BCUT2D eigenvalue weighted by Gasteiger charge is -2.29. The van der Waals surface area contributed by atoms with Crippen molar-refractivity contribution in [1.29, 1.82) is 0 Å². The van der Waals surface area contributed by atoms with Gasteiger partial charge in [0.05, 0.1) is 11.7 Å².